The zero-order chi connectivity index (χ0) is 9.92. The fraction of sp³-hybridized carbons (Fsp3) is 0.600. The van der Waals surface area contributed by atoms with Crippen LogP contribution in [-0.4, -0.2) is 17.4 Å². The molecule has 0 aromatic rings. The SMILES string of the molecule is NC12C=CC(CC1)C1C(=O)NC(=O)C12. The lowest BCUT2D eigenvalue weighted by Gasteiger charge is -2.45. The molecule has 2 amide bonds. The molecule has 0 aromatic heterocycles. The van der Waals surface area contributed by atoms with E-state index in [9.17, 15) is 9.59 Å². The van der Waals surface area contributed by atoms with E-state index in [0.717, 1.165) is 12.8 Å². The van der Waals surface area contributed by atoms with Crippen LogP contribution in [0.2, 0.25) is 0 Å². The molecule has 4 nitrogen and oxygen atoms in total. The Hall–Kier alpha value is -1.16. The van der Waals surface area contributed by atoms with E-state index < -0.39 is 5.54 Å². The summed E-state index contributed by atoms with van der Waals surface area (Å²) in [5.74, 6) is -0.623. The van der Waals surface area contributed by atoms with Crippen LogP contribution in [-0.2, 0) is 9.59 Å². The van der Waals surface area contributed by atoms with Gasteiger partial charge in [0.05, 0.1) is 11.8 Å². The summed E-state index contributed by atoms with van der Waals surface area (Å²) >= 11 is 0. The summed E-state index contributed by atoms with van der Waals surface area (Å²) in [6, 6.07) is 0. The minimum Gasteiger partial charge on any atom is -0.321 e. The number of carbonyl (C=O) groups is 2. The molecule has 0 aromatic carbocycles. The summed E-state index contributed by atoms with van der Waals surface area (Å²) in [5, 5.41) is 2.39. The van der Waals surface area contributed by atoms with Crippen molar-refractivity contribution in [2.75, 3.05) is 0 Å². The summed E-state index contributed by atoms with van der Waals surface area (Å²) < 4.78 is 0. The number of fused-ring (bicyclic) bond motifs is 1. The van der Waals surface area contributed by atoms with Gasteiger partial charge in [0.15, 0.2) is 0 Å². The van der Waals surface area contributed by atoms with Gasteiger partial charge in [-0.2, -0.15) is 0 Å². The average molecular weight is 192 g/mol. The lowest BCUT2D eigenvalue weighted by molar-refractivity contribution is -0.126. The fourth-order valence-corrected chi connectivity index (χ4v) is 3.07. The highest BCUT2D eigenvalue weighted by atomic mass is 16.2. The second kappa shape index (κ2) is 2.25. The Bertz CT molecular complexity index is 363. The zero-order valence-corrected chi connectivity index (χ0v) is 7.69. The Kier molecular flexibility index (Phi) is 1.32. The number of hydrogen-bond acceptors (Lipinski definition) is 3. The van der Waals surface area contributed by atoms with Crippen LogP contribution in [0.25, 0.3) is 0 Å². The Morgan fingerprint density at radius 2 is 2.21 bits per heavy atom. The third-order valence-electron chi connectivity index (χ3n) is 3.80. The third kappa shape index (κ3) is 0.773. The molecule has 1 aliphatic heterocycles. The molecule has 14 heavy (non-hydrogen) atoms. The number of rotatable bonds is 0. The first-order valence-electron chi connectivity index (χ1n) is 4.95. The predicted molar refractivity (Wildman–Crippen MR) is 48.9 cm³/mol. The molecular formula is C10H12N2O2. The minimum absolute atomic E-state index is 0.135. The molecule has 1 heterocycles. The predicted octanol–water partition coefficient (Wildman–Crippen LogP) is -0.448. The number of imide groups is 1. The lowest BCUT2D eigenvalue weighted by atomic mass is 9.59. The summed E-state index contributed by atoms with van der Waals surface area (Å²) in [7, 11) is 0. The van der Waals surface area contributed by atoms with E-state index >= 15 is 0 Å². The third-order valence-corrected chi connectivity index (χ3v) is 3.80. The Morgan fingerprint density at radius 3 is 2.79 bits per heavy atom. The first-order chi connectivity index (χ1) is 6.62. The average Bonchev–Trinajstić information content (AvgIpc) is 2.45. The highest BCUT2D eigenvalue weighted by molar-refractivity contribution is 6.06. The second-order valence-electron chi connectivity index (χ2n) is 4.53. The van der Waals surface area contributed by atoms with Gasteiger partial charge in [-0.05, 0) is 18.8 Å². The molecule has 1 saturated carbocycles. The van der Waals surface area contributed by atoms with E-state index in [1.165, 1.54) is 0 Å². The molecule has 4 heteroatoms. The topological polar surface area (TPSA) is 72.2 Å². The molecule has 0 spiro atoms. The summed E-state index contributed by atoms with van der Waals surface area (Å²) in [4.78, 5) is 23.1. The van der Waals surface area contributed by atoms with Gasteiger partial charge in [-0.1, -0.05) is 12.2 Å². The van der Waals surface area contributed by atoms with E-state index in [1.807, 2.05) is 12.2 Å². The molecule has 3 aliphatic carbocycles. The van der Waals surface area contributed by atoms with Crippen LogP contribution in [0.5, 0.6) is 0 Å². The van der Waals surface area contributed by atoms with Crippen LogP contribution in [0.3, 0.4) is 0 Å². The van der Waals surface area contributed by atoms with Crippen molar-refractivity contribution in [2.24, 2.45) is 23.5 Å². The van der Waals surface area contributed by atoms with Crippen molar-refractivity contribution < 1.29 is 9.59 Å². The first-order valence-corrected chi connectivity index (χ1v) is 4.95. The van der Waals surface area contributed by atoms with Gasteiger partial charge >= 0.3 is 0 Å². The van der Waals surface area contributed by atoms with Gasteiger partial charge in [-0.25, -0.2) is 0 Å². The molecule has 4 atom stereocenters. The highest BCUT2D eigenvalue weighted by Crippen LogP contribution is 2.48. The van der Waals surface area contributed by atoms with Crippen LogP contribution in [0.4, 0.5) is 0 Å². The first kappa shape index (κ1) is 8.17. The van der Waals surface area contributed by atoms with Crippen molar-refractivity contribution in [2.45, 2.75) is 18.4 Å². The molecule has 0 radical (unpaired) electrons. The molecule has 1 saturated heterocycles. The number of nitrogens with one attached hydrogen (secondary N) is 1. The molecule has 74 valence electrons. The van der Waals surface area contributed by atoms with Crippen molar-refractivity contribution in [1.82, 2.24) is 5.32 Å². The quantitative estimate of drug-likeness (QED) is 0.403. The molecule has 4 aliphatic rings. The van der Waals surface area contributed by atoms with Crippen molar-refractivity contribution in [3.8, 4) is 0 Å². The van der Waals surface area contributed by atoms with Gasteiger partial charge in [0, 0.05) is 5.54 Å². The van der Waals surface area contributed by atoms with E-state index in [-0.39, 0.29) is 29.6 Å². The molecule has 2 bridgehead atoms. The summed E-state index contributed by atoms with van der Waals surface area (Å²) in [6.07, 6.45) is 5.66. The maximum atomic E-state index is 11.6. The zero-order valence-electron chi connectivity index (χ0n) is 7.69. The summed E-state index contributed by atoms with van der Waals surface area (Å²) in [6.45, 7) is 0. The van der Waals surface area contributed by atoms with Gasteiger partial charge in [0.2, 0.25) is 11.8 Å². The lowest BCUT2D eigenvalue weighted by Crippen LogP contribution is -2.57. The summed E-state index contributed by atoms with van der Waals surface area (Å²) in [5.41, 5.74) is 5.56. The molecular weight excluding hydrogens is 180 g/mol. The Morgan fingerprint density at radius 1 is 1.43 bits per heavy atom. The van der Waals surface area contributed by atoms with E-state index in [4.69, 9.17) is 5.73 Å². The number of allylic oxidation sites excluding steroid dienone is 1. The fourth-order valence-electron chi connectivity index (χ4n) is 3.07. The van der Waals surface area contributed by atoms with Gasteiger partial charge in [0.25, 0.3) is 0 Å². The Balaban J connectivity index is 2.13. The monoisotopic (exact) mass is 192 g/mol. The highest BCUT2D eigenvalue weighted by Gasteiger charge is 2.58. The normalized spacial score (nSPS) is 49.4. The Labute approximate surface area is 81.5 Å². The van der Waals surface area contributed by atoms with Crippen molar-refractivity contribution in [3.63, 3.8) is 0 Å². The van der Waals surface area contributed by atoms with Crippen molar-refractivity contribution in [1.29, 1.82) is 0 Å². The largest absolute Gasteiger partial charge is 0.321 e. The van der Waals surface area contributed by atoms with Gasteiger partial charge in [-0.3, -0.25) is 14.9 Å². The maximum absolute atomic E-state index is 11.6. The minimum atomic E-state index is -0.574. The maximum Gasteiger partial charge on any atom is 0.232 e. The van der Waals surface area contributed by atoms with Crippen LogP contribution in [0, 0.1) is 17.8 Å². The van der Waals surface area contributed by atoms with E-state index in [1.54, 1.807) is 0 Å². The second-order valence-corrected chi connectivity index (χ2v) is 4.53. The molecule has 4 rings (SSSR count). The van der Waals surface area contributed by atoms with Gasteiger partial charge < -0.3 is 5.73 Å². The van der Waals surface area contributed by atoms with Crippen LogP contribution in [0.15, 0.2) is 12.2 Å². The number of carbonyl (C=O) groups excluding carboxylic acids is 2. The standard InChI is InChI=1S/C10H12N2O2/c11-10-3-1-5(2-4-10)6-7(10)9(14)12-8(6)13/h1,3,5-7H,2,4,11H2,(H,12,13,14). The van der Waals surface area contributed by atoms with E-state index in [2.05, 4.69) is 5.32 Å². The smallest absolute Gasteiger partial charge is 0.232 e. The van der Waals surface area contributed by atoms with Gasteiger partial charge in [-0.15, -0.1) is 0 Å². The number of hydrogen-bond donors (Lipinski definition) is 2. The number of amides is 2. The molecule has 3 N–H and O–H groups in total. The molecule has 2 fully saturated rings. The molecule has 4 unspecified atom stereocenters. The number of nitrogens with two attached hydrogens (primary N) is 1. The van der Waals surface area contributed by atoms with Crippen LogP contribution >= 0.6 is 0 Å². The van der Waals surface area contributed by atoms with Crippen molar-refractivity contribution >= 4 is 11.8 Å². The van der Waals surface area contributed by atoms with Crippen LogP contribution in [0.1, 0.15) is 12.8 Å². The van der Waals surface area contributed by atoms with Gasteiger partial charge in [0.1, 0.15) is 0 Å². The van der Waals surface area contributed by atoms with Crippen LogP contribution < -0.4 is 11.1 Å². The van der Waals surface area contributed by atoms with Crippen molar-refractivity contribution in [3.05, 3.63) is 12.2 Å². The van der Waals surface area contributed by atoms with E-state index in [0.29, 0.717) is 0 Å².